The highest BCUT2D eigenvalue weighted by Gasteiger charge is 2.20. The first-order valence-electron chi connectivity index (χ1n) is 9.63. The van der Waals surface area contributed by atoms with Gasteiger partial charge in [0, 0.05) is 40.8 Å². The topological polar surface area (TPSA) is 94.9 Å². The lowest BCUT2D eigenvalue weighted by Gasteiger charge is -2.17. The van der Waals surface area contributed by atoms with E-state index in [4.69, 9.17) is 14.2 Å². The molecule has 164 valence electrons. The number of nitrogens with one attached hydrogen (secondary N) is 1. The maximum Gasteiger partial charge on any atom is 0.146 e. The highest BCUT2D eigenvalue weighted by molar-refractivity contribution is 7.92. The van der Waals surface area contributed by atoms with Gasteiger partial charge in [0.05, 0.1) is 42.6 Å². The van der Waals surface area contributed by atoms with E-state index in [1.54, 1.807) is 30.7 Å². The zero-order valence-corrected chi connectivity index (χ0v) is 18.2. The zero-order valence-electron chi connectivity index (χ0n) is 17.4. The molecule has 1 aromatic heterocycles. The Hall–Kier alpha value is -2.98. The maximum atomic E-state index is 13.9. The molecule has 1 aliphatic heterocycles. The van der Waals surface area contributed by atoms with Crippen LogP contribution in [-0.2, 0) is 14.5 Å². The van der Waals surface area contributed by atoms with Crippen molar-refractivity contribution in [2.24, 2.45) is 4.36 Å². The van der Waals surface area contributed by atoms with Crippen molar-refractivity contribution < 1.29 is 22.8 Å². The molecule has 0 amide bonds. The summed E-state index contributed by atoms with van der Waals surface area (Å²) < 4.78 is 47.1. The monoisotopic (exact) mass is 446 g/mol. The molecule has 31 heavy (non-hydrogen) atoms. The molecule has 10 heteroatoms. The number of anilines is 2. The smallest absolute Gasteiger partial charge is 0.146 e. The largest absolute Gasteiger partial charge is 0.496 e. The third-order valence-corrected chi connectivity index (χ3v) is 5.26. The quantitative estimate of drug-likeness (QED) is 0.610. The van der Waals surface area contributed by atoms with Gasteiger partial charge in [-0.15, -0.1) is 0 Å². The molecule has 4 rings (SSSR count). The second-order valence-electron chi connectivity index (χ2n) is 7.41. The van der Waals surface area contributed by atoms with Crippen LogP contribution in [0, 0.1) is 5.82 Å². The fraction of sp³-hybridized carbons (Fsp3) is 0.333. The van der Waals surface area contributed by atoms with Gasteiger partial charge in [0.1, 0.15) is 35.6 Å². The molecule has 1 aliphatic rings. The minimum absolute atomic E-state index is 0.138. The number of nitrogens with zero attached hydrogens (tertiary/aromatic N) is 3. The molecule has 8 nitrogen and oxygen atoms in total. The summed E-state index contributed by atoms with van der Waals surface area (Å²) in [6, 6.07) is 7.67. The lowest BCUT2D eigenvalue weighted by Crippen LogP contribution is -2.16. The summed E-state index contributed by atoms with van der Waals surface area (Å²) in [4.78, 5) is 8.66. The van der Waals surface area contributed by atoms with Crippen molar-refractivity contribution in [1.82, 2.24) is 9.97 Å². The SMILES string of the molecule is COc1cc(N=S(C)(C)=O)cc2ncnc(Nc3ccc(F)cc3OC3CCOC3)c12. The van der Waals surface area contributed by atoms with Crippen LogP contribution in [0.3, 0.4) is 0 Å². The number of hydrogen-bond acceptors (Lipinski definition) is 8. The molecular formula is C21H23FN4O4S. The molecule has 0 bridgehead atoms. The van der Waals surface area contributed by atoms with Crippen LogP contribution in [0.1, 0.15) is 6.42 Å². The summed E-state index contributed by atoms with van der Waals surface area (Å²) in [7, 11) is -0.828. The van der Waals surface area contributed by atoms with E-state index in [0.717, 1.165) is 6.42 Å². The van der Waals surface area contributed by atoms with E-state index in [9.17, 15) is 8.60 Å². The summed E-state index contributed by atoms with van der Waals surface area (Å²) in [5, 5.41) is 3.82. The Morgan fingerprint density at radius 1 is 1.23 bits per heavy atom. The first-order valence-corrected chi connectivity index (χ1v) is 12.0. The molecule has 1 saturated heterocycles. The summed E-state index contributed by atoms with van der Waals surface area (Å²) in [5.41, 5.74) is 1.61. The van der Waals surface area contributed by atoms with Crippen LogP contribution in [0.2, 0.25) is 0 Å². The van der Waals surface area contributed by atoms with E-state index in [1.807, 2.05) is 0 Å². The van der Waals surface area contributed by atoms with Crippen LogP contribution in [-0.4, -0.2) is 53.1 Å². The van der Waals surface area contributed by atoms with E-state index in [1.165, 1.54) is 25.6 Å². The van der Waals surface area contributed by atoms with Gasteiger partial charge in [-0.05, 0) is 18.2 Å². The molecule has 0 radical (unpaired) electrons. The molecule has 3 aromatic rings. The van der Waals surface area contributed by atoms with Crippen LogP contribution in [0.5, 0.6) is 11.5 Å². The third-order valence-electron chi connectivity index (χ3n) is 4.61. The number of hydrogen-bond donors (Lipinski definition) is 1. The van der Waals surface area contributed by atoms with Crippen molar-refractivity contribution in [2.75, 3.05) is 38.2 Å². The number of aromatic nitrogens is 2. The Morgan fingerprint density at radius 2 is 2.06 bits per heavy atom. The lowest BCUT2D eigenvalue weighted by atomic mass is 10.2. The Bertz CT molecular complexity index is 1230. The summed E-state index contributed by atoms with van der Waals surface area (Å²) in [5.74, 6) is 0.890. The van der Waals surface area contributed by atoms with Crippen molar-refractivity contribution in [1.29, 1.82) is 0 Å². The van der Waals surface area contributed by atoms with Crippen molar-refractivity contribution in [2.45, 2.75) is 12.5 Å². The van der Waals surface area contributed by atoms with Gasteiger partial charge in [-0.3, -0.25) is 0 Å². The highest BCUT2D eigenvalue weighted by atomic mass is 32.2. The molecule has 0 aliphatic carbocycles. The molecule has 2 aromatic carbocycles. The van der Waals surface area contributed by atoms with Crippen molar-refractivity contribution >= 4 is 37.8 Å². The summed E-state index contributed by atoms with van der Waals surface area (Å²) >= 11 is 0. The Labute approximate surface area is 179 Å². The van der Waals surface area contributed by atoms with Gasteiger partial charge in [0.15, 0.2) is 0 Å². The average molecular weight is 447 g/mol. The van der Waals surface area contributed by atoms with E-state index in [0.29, 0.717) is 52.8 Å². The average Bonchev–Trinajstić information content (AvgIpc) is 3.21. The van der Waals surface area contributed by atoms with Gasteiger partial charge >= 0.3 is 0 Å². The van der Waals surface area contributed by atoms with E-state index in [-0.39, 0.29) is 6.10 Å². The number of ether oxygens (including phenoxy) is 3. The minimum Gasteiger partial charge on any atom is -0.496 e. The third kappa shape index (κ3) is 5.02. The maximum absolute atomic E-state index is 13.9. The van der Waals surface area contributed by atoms with Gasteiger partial charge in [-0.2, -0.15) is 4.36 Å². The van der Waals surface area contributed by atoms with Gasteiger partial charge in [0.25, 0.3) is 0 Å². The van der Waals surface area contributed by atoms with Gasteiger partial charge in [-0.1, -0.05) is 0 Å². The molecule has 0 saturated carbocycles. The Kier molecular flexibility index (Phi) is 5.92. The fourth-order valence-electron chi connectivity index (χ4n) is 3.31. The van der Waals surface area contributed by atoms with E-state index < -0.39 is 15.5 Å². The molecule has 1 atom stereocenters. The standard InChI is InChI=1S/C21H23FN4O4S/c1-28-19-10-14(26-31(2,3)27)9-17-20(19)21(24-12-23-17)25-16-5-4-13(22)8-18(16)30-15-6-7-29-11-15/h4-5,8-10,12,15H,6-7,11H2,1-3H3,(H,23,24,25). The first kappa shape index (κ1) is 21.3. The fourth-order valence-corrected chi connectivity index (χ4v) is 3.93. The van der Waals surface area contributed by atoms with Crippen LogP contribution < -0.4 is 14.8 Å². The van der Waals surface area contributed by atoms with Crippen molar-refractivity contribution in [3.63, 3.8) is 0 Å². The molecule has 2 heterocycles. The lowest BCUT2D eigenvalue weighted by molar-refractivity contribution is 0.141. The minimum atomic E-state index is -2.35. The van der Waals surface area contributed by atoms with Crippen LogP contribution in [0.25, 0.3) is 10.9 Å². The second-order valence-corrected chi connectivity index (χ2v) is 9.95. The van der Waals surface area contributed by atoms with Crippen molar-refractivity contribution in [3.8, 4) is 11.5 Å². The van der Waals surface area contributed by atoms with Gasteiger partial charge in [0.2, 0.25) is 0 Å². The molecule has 0 spiro atoms. The number of halogens is 1. The number of methoxy groups -OCH3 is 1. The van der Waals surface area contributed by atoms with Crippen LogP contribution in [0.4, 0.5) is 21.6 Å². The van der Waals surface area contributed by atoms with Gasteiger partial charge < -0.3 is 19.5 Å². The molecule has 1 fully saturated rings. The molecule has 1 unspecified atom stereocenters. The van der Waals surface area contributed by atoms with E-state index in [2.05, 4.69) is 19.6 Å². The first-order chi connectivity index (χ1) is 14.8. The van der Waals surface area contributed by atoms with Crippen LogP contribution >= 0.6 is 0 Å². The predicted octanol–water partition coefficient (Wildman–Crippen LogP) is 4.05. The Balaban J connectivity index is 1.76. The zero-order chi connectivity index (χ0) is 22.0. The molecular weight excluding hydrogens is 423 g/mol. The number of benzene rings is 2. The second kappa shape index (κ2) is 8.64. The number of fused-ring (bicyclic) bond motifs is 1. The normalized spacial score (nSPS) is 16.3. The summed E-state index contributed by atoms with van der Waals surface area (Å²) in [6.07, 6.45) is 5.12. The van der Waals surface area contributed by atoms with Gasteiger partial charge in [-0.25, -0.2) is 18.6 Å². The number of rotatable bonds is 6. The summed E-state index contributed by atoms with van der Waals surface area (Å²) in [6.45, 7) is 1.08. The molecule has 1 N–H and O–H groups in total. The van der Waals surface area contributed by atoms with Crippen LogP contribution in [0.15, 0.2) is 41.0 Å². The predicted molar refractivity (Wildman–Crippen MR) is 118 cm³/mol. The van der Waals surface area contributed by atoms with E-state index >= 15 is 0 Å². The Morgan fingerprint density at radius 3 is 2.77 bits per heavy atom. The highest BCUT2D eigenvalue weighted by Crippen LogP contribution is 2.37. The van der Waals surface area contributed by atoms with Crippen molar-refractivity contribution in [3.05, 3.63) is 42.5 Å².